The van der Waals surface area contributed by atoms with Gasteiger partial charge >= 0.3 is 5.91 Å². The van der Waals surface area contributed by atoms with Gasteiger partial charge in [-0.2, -0.15) is 0 Å². The van der Waals surface area contributed by atoms with Crippen LogP contribution in [0.2, 0.25) is 0 Å². The second kappa shape index (κ2) is 8.10. The zero-order valence-corrected chi connectivity index (χ0v) is 16.1. The number of hydrazone groups is 1. The van der Waals surface area contributed by atoms with E-state index in [9.17, 15) is 9.59 Å². The molecular weight excluding hydrogens is 362 g/mol. The van der Waals surface area contributed by atoms with Crippen molar-refractivity contribution in [2.24, 2.45) is 0 Å². The lowest BCUT2D eigenvalue weighted by Crippen LogP contribution is -2.42. The van der Waals surface area contributed by atoms with E-state index in [2.05, 4.69) is 10.7 Å². The highest BCUT2D eigenvalue weighted by Crippen LogP contribution is 2.25. The van der Waals surface area contributed by atoms with Crippen LogP contribution in [0, 0.1) is 6.92 Å². The second-order valence-corrected chi connectivity index (χ2v) is 7.10. The Kier molecular flexibility index (Phi) is 5.20. The van der Waals surface area contributed by atoms with Crippen LogP contribution in [0.3, 0.4) is 0 Å². The molecule has 2 atom stereocenters. The lowest BCUT2D eigenvalue weighted by molar-refractivity contribution is -0.596. The zero-order valence-electron chi connectivity index (χ0n) is 16.1. The number of nitrogens with zero attached hydrogens (tertiary/aromatic N) is 1. The normalized spacial score (nSPS) is 19.8. The molecule has 1 fully saturated rings. The van der Waals surface area contributed by atoms with Crippen LogP contribution in [0.4, 0.5) is 0 Å². The molecule has 1 saturated heterocycles. The topological polar surface area (TPSA) is 61.2 Å². The quantitative estimate of drug-likeness (QED) is 0.680. The van der Waals surface area contributed by atoms with E-state index in [1.165, 1.54) is 0 Å². The summed E-state index contributed by atoms with van der Waals surface area (Å²) in [4.78, 5) is 25.6. The molecule has 0 aromatic heterocycles. The summed E-state index contributed by atoms with van der Waals surface area (Å²) in [6, 6.07) is 25.7. The van der Waals surface area contributed by atoms with Gasteiger partial charge in [-0.3, -0.25) is 9.59 Å². The van der Waals surface area contributed by atoms with E-state index in [4.69, 9.17) is 0 Å². The van der Waals surface area contributed by atoms with E-state index in [0.717, 1.165) is 16.7 Å². The Labute approximate surface area is 169 Å². The minimum absolute atomic E-state index is 0.243. The first-order valence-electron chi connectivity index (χ1n) is 9.53. The van der Waals surface area contributed by atoms with Gasteiger partial charge in [-0.1, -0.05) is 66.2 Å². The molecule has 1 heterocycles. The SMILES string of the molecule is Cc1cccc(C(=O)N[C@@H]2C(=O)N/[N+](=C\c3ccccc3)[C@H]2c2ccccc2)c1. The molecule has 2 amide bonds. The molecule has 4 rings (SSSR count). The first-order chi connectivity index (χ1) is 14.1. The summed E-state index contributed by atoms with van der Waals surface area (Å²) in [5, 5.41) is 2.92. The van der Waals surface area contributed by atoms with Crippen molar-refractivity contribution >= 4 is 18.0 Å². The summed E-state index contributed by atoms with van der Waals surface area (Å²) in [7, 11) is 0. The fourth-order valence-corrected chi connectivity index (χ4v) is 3.54. The molecule has 1 aliphatic rings. The molecule has 0 bridgehead atoms. The summed E-state index contributed by atoms with van der Waals surface area (Å²) in [5.41, 5.74) is 6.32. The molecule has 0 saturated carbocycles. The van der Waals surface area contributed by atoms with Crippen molar-refractivity contribution in [1.29, 1.82) is 0 Å². The average molecular weight is 384 g/mol. The van der Waals surface area contributed by atoms with Crippen LogP contribution in [0.5, 0.6) is 0 Å². The number of benzene rings is 3. The molecule has 3 aromatic carbocycles. The van der Waals surface area contributed by atoms with Gasteiger partial charge in [0.15, 0.2) is 6.04 Å². The minimum atomic E-state index is -0.717. The Morgan fingerprint density at radius 2 is 1.66 bits per heavy atom. The fourth-order valence-electron chi connectivity index (χ4n) is 3.54. The van der Waals surface area contributed by atoms with Crippen LogP contribution < -0.4 is 10.7 Å². The average Bonchev–Trinajstić information content (AvgIpc) is 3.04. The number of carbonyl (C=O) groups is 2. The predicted octanol–water partition coefficient (Wildman–Crippen LogP) is 3.01. The standard InChI is InChI=1S/C24H21N3O2/c1-17-9-8-14-20(15-17)23(28)25-21-22(19-12-6-3-7-13-19)27(26-24(21)29)16-18-10-4-2-5-11-18/h2-16,21-22H,1H3,(H-,25,26,28,29)/p+1/b27-16-/t21-,22-/m0/s1. The van der Waals surface area contributed by atoms with Gasteiger partial charge in [0.25, 0.3) is 5.91 Å². The monoisotopic (exact) mass is 384 g/mol. The van der Waals surface area contributed by atoms with Crippen molar-refractivity contribution in [2.75, 3.05) is 0 Å². The van der Waals surface area contributed by atoms with Crippen LogP contribution in [-0.4, -0.2) is 28.8 Å². The molecule has 1 aliphatic heterocycles. The third kappa shape index (κ3) is 4.09. The molecule has 29 heavy (non-hydrogen) atoms. The Morgan fingerprint density at radius 1 is 0.966 bits per heavy atom. The maximum absolute atomic E-state index is 12.8. The number of amides is 2. The zero-order chi connectivity index (χ0) is 20.2. The first kappa shape index (κ1) is 18.6. The molecular formula is C24H22N3O2+. The van der Waals surface area contributed by atoms with Crippen molar-refractivity contribution in [2.45, 2.75) is 19.0 Å². The summed E-state index contributed by atoms with van der Waals surface area (Å²) in [6.07, 6.45) is 1.88. The number of hydrogen-bond donors (Lipinski definition) is 2. The number of rotatable bonds is 4. The Morgan fingerprint density at radius 3 is 2.34 bits per heavy atom. The van der Waals surface area contributed by atoms with Gasteiger partial charge in [0.05, 0.1) is 0 Å². The molecule has 5 nitrogen and oxygen atoms in total. The Hall–Kier alpha value is -3.73. The van der Waals surface area contributed by atoms with E-state index in [1.54, 1.807) is 10.8 Å². The largest absolute Gasteiger partial charge is 0.334 e. The summed E-state index contributed by atoms with van der Waals surface area (Å²) >= 11 is 0. The lowest BCUT2D eigenvalue weighted by atomic mass is 9.99. The van der Waals surface area contributed by atoms with E-state index in [1.807, 2.05) is 92.0 Å². The lowest BCUT2D eigenvalue weighted by Gasteiger charge is -2.14. The van der Waals surface area contributed by atoms with E-state index >= 15 is 0 Å². The summed E-state index contributed by atoms with van der Waals surface area (Å²) < 4.78 is 1.77. The van der Waals surface area contributed by atoms with Gasteiger partial charge in [0, 0.05) is 16.7 Å². The predicted molar refractivity (Wildman–Crippen MR) is 112 cm³/mol. The maximum Gasteiger partial charge on any atom is 0.304 e. The van der Waals surface area contributed by atoms with Crippen molar-refractivity contribution < 1.29 is 14.3 Å². The number of nitrogens with one attached hydrogen (secondary N) is 2. The summed E-state index contributed by atoms with van der Waals surface area (Å²) in [6.45, 7) is 1.93. The summed E-state index contributed by atoms with van der Waals surface area (Å²) in [5.74, 6) is -0.511. The number of hydrazine groups is 1. The van der Waals surface area contributed by atoms with Crippen molar-refractivity contribution in [1.82, 2.24) is 10.7 Å². The Bertz CT molecular complexity index is 1060. The van der Waals surface area contributed by atoms with Gasteiger partial charge in [0.1, 0.15) is 0 Å². The smallest absolute Gasteiger partial charge is 0.304 e. The maximum atomic E-state index is 12.8. The minimum Gasteiger partial charge on any atom is -0.334 e. The third-order valence-electron chi connectivity index (χ3n) is 4.93. The highest BCUT2D eigenvalue weighted by molar-refractivity contribution is 5.98. The Balaban J connectivity index is 1.69. The van der Waals surface area contributed by atoms with Gasteiger partial charge in [-0.05, 0) is 31.2 Å². The number of carbonyl (C=O) groups excluding carboxylic acids is 2. The fraction of sp³-hybridized carbons (Fsp3) is 0.125. The van der Waals surface area contributed by atoms with Crippen LogP contribution in [0.15, 0.2) is 84.9 Å². The molecule has 2 N–H and O–H groups in total. The number of hydrogen-bond acceptors (Lipinski definition) is 2. The van der Waals surface area contributed by atoms with Crippen molar-refractivity contribution in [3.8, 4) is 0 Å². The van der Waals surface area contributed by atoms with E-state index in [0.29, 0.717) is 5.56 Å². The molecule has 0 radical (unpaired) electrons. The first-order valence-corrected chi connectivity index (χ1v) is 9.53. The molecule has 0 spiro atoms. The van der Waals surface area contributed by atoms with Crippen molar-refractivity contribution in [3.05, 3.63) is 107 Å². The number of aryl methyl sites for hydroxylation is 1. The van der Waals surface area contributed by atoms with Crippen LogP contribution >= 0.6 is 0 Å². The second-order valence-electron chi connectivity index (χ2n) is 7.10. The third-order valence-corrected chi connectivity index (χ3v) is 4.93. The highest BCUT2D eigenvalue weighted by atomic mass is 16.2. The molecule has 144 valence electrons. The van der Waals surface area contributed by atoms with E-state index in [-0.39, 0.29) is 17.9 Å². The van der Waals surface area contributed by atoms with Crippen LogP contribution in [0.25, 0.3) is 0 Å². The molecule has 0 unspecified atom stereocenters. The molecule has 3 aromatic rings. The molecule has 5 heteroatoms. The van der Waals surface area contributed by atoms with Gasteiger partial charge in [-0.15, -0.1) is 10.1 Å². The van der Waals surface area contributed by atoms with E-state index < -0.39 is 6.04 Å². The molecule has 0 aliphatic carbocycles. The van der Waals surface area contributed by atoms with Crippen LogP contribution in [0.1, 0.15) is 33.1 Å². The van der Waals surface area contributed by atoms with Gasteiger partial charge in [0.2, 0.25) is 12.3 Å². The highest BCUT2D eigenvalue weighted by Gasteiger charge is 2.47. The van der Waals surface area contributed by atoms with Crippen LogP contribution in [-0.2, 0) is 4.79 Å². The van der Waals surface area contributed by atoms with Gasteiger partial charge in [-0.25, -0.2) is 0 Å². The van der Waals surface area contributed by atoms with Crippen molar-refractivity contribution in [3.63, 3.8) is 0 Å². The van der Waals surface area contributed by atoms with Gasteiger partial charge < -0.3 is 5.32 Å².